The lowest BCUT2D eigenvalue weighted by atomic mass is 10.1. The van der Waals surface area contributed by atoms with Gasteiger partial charge in [-0.1, -0.05) is 32.9 Å². The molecule has 3 aromatic rings. The van der Waals surface area contributed by atoms with Crippen LogP contribution in [0.4, 0.5) is 11.4 Å². The van der Waals surface area contributed by atoms with E-state index in [2.05, 4.69) is 12.2 Å². The van der Waals surface area contributed by atoms with Crippen LogP contribution >= 0.6 is 0 Å². The third-order valence-corrected chi connectivity index (χ3v) is 8.81. The van der Waals surface area contributed by atoms with Gasteiger partial charge in [-0.05, 0) is 73.0 Å². The van der Waals surface area contributed by atoms with Crippen molar-refractivity contribution in [1.82, 2.24) is 4.31 Å². The zero-order valence-corrected chi connectivity index (χ0v) is 23.9. The van der Waals surface area contributed by atoms with Crippen molar-refractivity contribution >= 4 is 33.2 Å². The van der Waals surface area contributed by atoms with Crippen molar-refractivity contribution < 1.29 is 27.5 Å². The van der Waals surface area contributed by atoms with E-state index in [-0.39, 0.29) is 17.4 Å². The number of hydrogen-bond acceptors (Lipinski definition) is 6. The van der Waals surface area contributed by atoms with Crippen LogP contribution in [0.5, 0.6) is 11.5 Å². The molecule has 0 radical (unpaired) electrons. The maximum absolute atomic E-state index is 12.9. The van der Waals surface area contributed by atoms with Crippen molar-refractivity contribution in [2.75, 3.05) is 43.1 Å². The predicted molar refractivity (Wildman–Crippen MR) is 155 cm³/mol. The number of anilines is 2. The summed E-state index contributed by atoms with van der Waals surface area (Å²) in [5.74, 6) is 0.770. The largest absolute Gasteiger partial charge is 0.494 e. The van der Waals surface area contributed by atoms with Gasteiger partial charge in [0.05, 0.1) is 17.2 Å². The van der Waals surface area contributed by atoms with Crippen LogP contribution in [0.25, 0.3) is 0 Å². The third kappa shape index (κ3) is 6.63. The first kappa shape index (κ1) is 29.1. The Kier molecular flexibility index (Phi) is 9.44. The van der Waals surface area contributed by atoms with E-state index >= 15 is 0 Å². The van der Waals surface area contributed by atoms with Gasteiger partial charge in [-0.2, -0.15) is 4.31 Å². The molecule has 3 aromatic carbocycles. The SMILES string of the molecule is CCc1ccc(OCCCN2C(=O)COc3ccc(NC(=O)c4ccc(S(=O)(=O)N(CC)CC)cc4)cc32)cc1. The average Bonchev–Trinajstić information content (AvgIpc) is 2.97. The highest BCUT2D eigenvalue weighted by Crippen LogP contribution is 2.35. The number of fused-ring (bicyclic) bond motifs is 1. The van der Waals surface area contributed by atoms with Gasteiger partial charge in [-0.15, -0.1) is 0 Å². The van der Waals surface area contributed by atoms with Crippen molar-refractivity contribution in [3.8, 4) is 11.5 Å². The Morgan fingerprint density at radius 3 is 2.35 bits per heavy atom. The van der Waals surface area contributed by atoms with Gasteiger partial charge in [0, 0.05) is 30.9 Å². The van der Waals surface area contributed by atoms with Crippen LogP contribution in [0.2, 0.25) is 0 Å². The van der Waals surface area contributed by atoms with Crippen LogP contribution in [0.15, 0.2) is 71.6 Å². The first-order valence-corrected chi connectivity index (χ1v) is 14.9. The number of ether oxygens (including phenoxy) is 2. The van der Waals surface area contributed by atoms with E-state index in [1.165, 1.54) is 34.1 Å². The second-order valence-electron chi connectivity index (χ2n) is 9.28. The summed E-state index contributed by atoms with van der Waals surface area (Å²) in [5.41, 5.74) is 2.61. The minimum atomic E-state index is -3.61. The second kappa shape index (κ2) is 13.0. The fourth-order valence-corrected chi connectivity index (χ4v) is 5.91. The van der Waals surface area contributed by atoms with Gasteiger partial charge in [-0.3, -0.25) is 9.59 Å². The van der Waals surface area contributed by atoms with E-state index in [1.807, 2.05) is 24.3 Å². The number of nitrogens with zero attached hydrogens (tertiary/aromatic N) is 2. The summed E-state index contributed by atoms with van der Waals surface area (Å²) < 4.78 is 38.2. The summed E-state index contributed by atoms with van der Waals surface area (Å²) in [4.78, 5) is 27.4. The van der Waals surface area contributed by atoms with Gasteiger partial charge in [-0.25, -0.2) is 8.42 Å². The molecule has 212 valence electrons. The Bertz CT molecular complexity index is 1440. The van der Waals surface area contributed by atoms with Gasteiger partial charge < -0.3 is 19.7 Å². The summed E-state index contributed by atoms with van der Waals surface area (Å²) in [7, 11) is -3.61. The van der Waals surface area contributed by atoms with Gasteiger partial charge >= 0.3 is 0 Å². The van der Waals surface area contributed by atoms with E-state index in [9.17, 15) is 18.0 Å². The molecule has 1 N–H and O–H groups in total. The smallest absolute Gasteiger partial charge is 0.265 e. The topological polar surface area (TPSA) is 105 Å². The number of carbonyl (C=O) groups is 2. The van der Waals surface area contributed by atoms with E-state index in [1.54, 1.807) is 36.9 Å². The predicted octanol–water partition coefficient (Wildman–Crippen LogP) is 4.73. The van der Waals surface area contributed by atoms with Gasteiger partial charge in [0.15, 0.2) is 6.61 Å². The number of carbonyl (C=O) groups excluding carboxylic acids is 2. The molecular formula is C30H35N3O6S. The van der Waals surface area contributed by atoms with Crippen LogP contribution in [0.3, 0.4) is 0 Å². The van der Waals surface area contributed by atoms with E-state index < -0.39 is 15.9 Å². The van der Waals surface area contributed by atoms with Crippen molar-refractivity contribution in [3.63, 3.8) is 0 Å². The molecule has 4 rings (SSSR count). The number of rotatable bonds is 12. The fourth-order valence-electron chi connectivity index (χ4n) is 4.45. The lowest BCUT2D eigenvalue weighted by molar-refractivity contribution is -0.121. The summed E-state index contributed by atoms with van der Waals surface area (Å²) >= 11 is 0. The molecule has 0 spiro atoms. The lowest BCUT2D eigenvalue weighted by Gasteiger charge is -2.30. The quantitative estimate of drug-likeness (QED) is 0.319. The summed E-state index contributed by atoms with van der Waals surface area (Å²) in [6.45, 7) is 7.21. The van der Waals surface area contributed by atoms with Crippen molar-refractivity contribution in [1.29, 1.82) is 0 Å². The number of aryl methyl sites for hydroxylation is 1. The Balaban J connectivity index is 1.40. The maximum Gasteiger partial charge on any atom is 0.265 e. The Hall–Kier alpha value is -3.89. The molecule has 0 bridgehead atoms. The second-order valence-corrected chi connectivity index (χ2v) is 11.2. The minimum absolute atomic E-state index is 0.0548. The Labute approximate surface area is 235 Å². The molecule has 1 aliphatic heterocycles. The van der Waals surface area contributed by atoms with E-state index in [0.29, 0.717) is 55.3 Å². The summed E-state index contributed by atoms with van der Waals surface area (Å²) in [6.07, 6.45) is 1.58. The minimum Gasteiger partial charge on any atom is -0.494 e. The Morgan fingerprint density at radius 1 is 1.00 bits per heavy atom. The molecule has 0 unspecified atom stereocenters. The fraction of sp³-hybridized carbons (Fsp3) is 0.333. The van der Waals surface area contributed by atoms with Gasteiger partial charge in [0.25, 0.3) is 11.8 Å². The molecule has 1 aliphatic rings. The molecule has 0 aliphatic carbocycles. The molecular weight excluding hydrogens is 530 g/mol. The molecule has 0 aromatic heterocycles. The number of benzene rings is 3. The zero-order valence-electron chi connectivity index (χ0n) is 23.1. The molecule has 10 heteroatoms. The summed E-state index contributed by atoms with van der Waals surface area (Å²) in [6, 6.07) is 18.9. The molecule has 0 saturated carbocycles. The number of sulfonamides is 1. The van der Waals surface area contributed by atoms with Crippen molar-refractivity contribution in [2.45, 2.75) is 38.5 Å². The first-order chi connectivity index (χ1) is 19.3. The van der Waals surface area contributed by atoms with Crippen LogP contribution < -0.4 is 19.7 Å². The zero-order chi connectivity index (χ0) is 28.7. The van der Waals surface area contributed by atoms with Gasteiger partial charge in [0.1, 0.15) is 11.5 Å². The maximum atomic E-state index is 12.9. The first-order valence-electron chi connectivity index (χ1n) is 13.5. The molecule has 40 heavy (non-hydrogen) atoms. The van der Waals surface area contributed by atoms with Crippen LogP contribution in [-0.4, -0.2) is 57.4 Å². The van der Waals surface area contributed by atoms with Crippen molar-refractivity contribution in [2.24, 2.45) is 0 Å². The van der Waals surface area contributed by atoms with E-state index in [0.717, 1.165) is 12.2 Å². The number of nitrogens with one attached hydrogen (secondary N) is 1. The average molecular weight is 566 g/mol. The van der Waals surface area contributed by atoms with Crippen LogP contribution in [0, 0.1) is 0 Å². The normalized spacial score (nSPS) is 13.1. The highest BCUT2D eigenvalue weighted by atomic mass is 32.2. The number of hydrogen-bond donors (Lipinski definition) is 1. The van der Waals surface area contributed by atoms with E-state index in [4.69, 9.17) is 9.47 Å². The lowest BCUT2D eigenvalue weighted by Crippen LogP contribution is -2.39. The molecule has 0 saturated heterocycles. The molecule has 0 fully saturated rings. The Morgan fingerprint density at radius 2 is 1.70 bits per heavy atom. The highest BCUT2D eigenvalue weighted by molar-refractivity contribution is 7.89. The van der Waals surface area contributed by atoms with Crippen LogP contribution in [-0.2, 0) is 21.2 Å². The molecule has 2 amide bonds. The standard InChI is InChI=1S/C30H35N3O6S/c1-4-22-8-13-25(14-9-22)38-19-7-18-33-27-20-24(12-17-28(27)39-21-29(33)34)31-30(35)23-10-15-26(16-11-23)40(36,37)32(5-2)6-3/h8-17,20H,4-7,18-19,21H2,1-3H3,(H,31,35). The molecule has 9 nitrogen and oxygen atoms in total. The highest BCUT2D eigenvalue weighted by Gasteiger charge is 2.26. The summed E-state index contributed by atoms with van der Waals surface area (Å²) in [5, 5.41) is 2.83. The monoisotopic (exact) mass is 565 g/mol. The third-order valence-electron chi connectivity index (χ3n) is 6.75. The molecule has 0 atom stereocenters. The van der Waals surface area contributed by atoms with Crippen molar-refractivity contribution in [3.05, 3.63) is 77.9 Å². The number of amides is 2. The van der Waals surface area contributed by atoms with Crippen LogP contribution in [0.1, 0.15) is 43.1 Å². The van der Waals surface area contributed by atoms with Gasteiger partial charge in [0.2, 0.25) is 10.0 Å². The molecule has 1 heterocycles.